The van der Waals surface area contributed by atoms with Crippen molar-refractivity contribution in [2.24, 2.45) is 0 Å². The number of hydrogen-bond donors (Lipinski definition) is 6. The normalized spacial score (nSPS) is 22.1. The minimum atomic E-state index is -3.95. The Balaban J connectivity index is 0.000000222. The molecule has 4 amide bonds. The van der Waals surface area contributed by atoms with Gasteiger partial charge in [0.25, 0.3) is 0 Å². The van der Waals surface area contributed by atoms with E-state index in [0.29, 0.717) is 22.5 Å². The second-order valence-corrected chi connectivity index (χ2v) is 32.6. The Morgan fingerprint density at radius 1 is 0.524 bits per heavy atom. The number of aryl methyl sites for hydroxylation is 1. The number of ether oxygens (including phenoxy) is 4. The molecule has 0 spiro atoms. The number of thiazole rings is 2. The van der Waals surface area contributed by atoms with E-state index in [1.165, 1.54) is 28.5 Å². The third-order valence-electron chi connectivity index (χ3n) is 14.9. The molecular formula is C59H87BrN8O12S4. The van der Waals surface area contributed by atoms with Crippen LogP contribution >= 0.6 is 38.6 Å². The Bertz CT molecular complexity index is 3170. The van der Waals surface area contributed by atoms with E-state index in [1.807, 2.05) is 33.9 Å². The molecule has 2 heterocycles. The van der Waals surface area contributed by atoms with Crippen molar-refractivity contribution < 1.29 is 55.0 Å². The van der Waals surface area contributed by atoms with Crippen LogP contribution in [0.1, 0.15) is 190 Å². The van der Waals surface area contributed by atoms with E-state index in [-0.39, 0.29) is 68.3 Å². The summed E-state index contributed by atoms with van der Waals surface area (Å²) in [6.45, 7) is 26.7. The predicted octanol–water partition coefficient (Wildman–Crippen LogP) is 13.7. The molecule has 84 heavy (non-hydrogen) atoms. The maximum absolute atomic E-state index is 13.6. The van der Waals surface area contributed by atoms with Gasteiger partial charge in [-0.2, -0.15) is 0 Å². The first kappa shape index (κ1) is 68.2. The van der Waals surface area contributed by atoms with Crippen molar-refractivity contribution in [1.29, 1.82) is 0 Å². The number of hydrogen-bond acceptors (Lipinski definition) is 16. The molecule has 2 aromatic heterocycles. The summed E-state index contributed by atoms with van der Waals surface area (Å²) in [5, 5.41) is 13.7. The van der Waals surface area contributed by atoms with Crippen molar-refractivity contribution in [1.82, 2.24) is 30.0 Å². The molecule has 6 aliphatic carbocycles. The number of carbonyl (C=O) groups is 4. The van der Waals surface area contributed by atoms with Gasteiger partial charge in [0.2, 0.25) is 20.0 Å². The molecule has 0 atom stereocenters. The summed E-state index contributed by atoms with van der Waals surface area (Å²) in [5.41, 5.74) is 0.340. The van der Waals surface area contributed by atoms with Gasteiger partial charge in [0.05, 0.1) is 59.1 Å². The van der Waals surface area contributed by atoms with E-state index in [1.54, 1.807) is 118 Å². The molecule has 20 nitrogen and oxygen atoms in total. The van der Waals surface area contributed by atoms with Crippen LogP contribution in [0.4, 0.5) is 30.6 Å². The van der Waals surface area contributed by atoms with Gasteiger partial charge < -0.3 is 29.6 Å². The Hall–Kier alpha value is -4.92. The molecule has 6 aliphatic rings. The molecule has 0 saturated heterocycles. The summed E-state index contributed by atoms with van der Waals surface area (Å²) in [6.07, 6.45) is 12.5. The zero-order valence-corrected chi connectivity index (χ0v) is 56.1. The van der Waals surface area contributed by atoms with Crippen molar-refractivity contribution in [3.05, 3.63) is 68.2 Å². The summed E-state index contributed by atoms with van der Waals surface area (Å²) >= 11 is 6.78. The van der Waals surface area contributed by atoms with E-state index in [4.69, 9.17) is 23.9 Å². The molecule has 25 heteroatoms. The largest absolute Gasteiger partial charge is 0.447 e. The molecule has 6 saturated carbocycles. The standard InChI is InChI=1S/C29H42N4O6S2.C15H21BrN2O2S.C15H24N2O4S/c1-18(2)38-25(34)31-20-8-9-21(23(16-20)41(36,37)33-27(5,6)7)22-17-30-24(40-22)28-10-13-29(14-11-28,15-12-28)32-26(35)39-19(3)4;1-10(2)20-13(19)18-15-6-3-14(4-7-15,5-8-15)12-17-9-11(16)21-12;1-10(2)21-14(18)16-12-8-7-11(3)13(9-12)22(19,20)17-15(4,5)6/h8-9,16-19,33H,10-15H2,1-7H3,(H,31,34)(H,32,35);9-10H,3-8H2,1-2H3,(H,18,19);7-10,17H,1-6H3,(H,16,18). The number of rotatable bonds is 15. The van der Waals surface area contributed by atoms with Crippen molar-refractivity contribution in [2.75, 3.05) is 10.6 Å². The quantitative estimate of drug-likeness (QED) is 0.0604. The topological polar surface area (TPSA) is 271 Å². The SMILES string of the molecule is CC(C)OC(=O)NC12CCC(c3ncc(Br)s3)(CC1)CC2.CC(C)OC(=O)Nc1ccc(-c2cnc(C34CCC(NC(=O)OC(C)C)(CC3)CC4)s2)c(S(=O)(=O)NC(C)(C)C)c1.Cc1ccc(NC(=O)OC(C)C)cc1S(=O)(=O)NC(C)(C)C. The first-order valence-corrected chi connectivity index (χ1v) is 34.1. The second-order valence-electron chi connectivity index (χ2n) is 25.8. The van der Waals surface area contributed by atoms with Crippen LogP contribution in [0.15, 0.2) is 62.4 Å². The van der Waals surface area contributed by atoms with E-state index in [0.717, 1.165) is 90.7 Å². The number of anilines is 2. The van der Waals surface area contributed by atoms with Crippen LogP contribution in [0.25, 0.3) is 10.4 Å². The van der Waals surface area contributed by atoms with Gasteiger partial charge in [-0.1, -0.05) is 12.1 Å². The molecule has 2 aromatic carbocycles. The van der Waals surface area contributed by atoms with E-state index < -0.39 is 43.3 Å². The molecule has 0 radical (unpaired) electrons. The van der Waals surface area contributed by atoms with Gasteiger partial charge >= 0.3 is 24.4 Å². The zero-order chi connectivity index (χ0) is 62.4. The summed E-state index contributed by atoms with van der Waals surface area (Å²) in [4.78, 5) is 58.4. The van der Waals surface area contributed by atoms with Crippen molar-refractivity contribution in [3.8, 4) is 10.4 Å². The number of amides is 4. The molecule has 0 aliphatic heterocycles. The summed E-state index contributed by atoms with van der Waals surface area (Å²) in [7, 11) is -7.62. The molecule has 4 aromatic rings. The average molecular weight is 1310 g/mol. The average Bonchev–Trinajstić information content (AvgIpc) is 1.74. The Labute approximate surface area is 513 Å². The maximum Gasteiger partial charge on any atom is 0.411 e. The van der Waals surface area contributed by atoms with Crippen LogP contribution in [0, 0.1) is 6.92 Å². The zero-order valence-electron chi connectivity index (χ0n) is 51.2. The highest BCUT2D eigenvalue weighted by atomic mass is 79.9. The van der Waals surface area contributed by atoms with Crippen LogP contribution in [0.3, 0.4) is 0 Å². The smallest absolute Gasteiger partial charge is 0.411 e. The molecular weight excluding hydrogens is 1220 g/mol. The third kappa shape index (κ3) is 18.6. The Kier molecular flexibility index (Phi) is 21.9. The Morgan fingerprint density at radius 2 is 0.881 bits per heavy atom. The number of fused-ring (bicyclic) bond motifs is 6. The number of benzene rings is 2. The van der Waals surface area contributed by atoms with Gasteiger partial charge in [0.15, 0.2) is 0 Å². The fraction of sp³-hybridized carbons (Fsp3) is 0.627. The lowest BCUT2D eigenvalue weighted by Gasteiger charge is -2.52. The van der Waals surface area contributed by atoms with Crippen LogP contribution < -0.4 is 30.7 Å². The number of sulfonamides is 2. The van der Waals surface area contributed by atoms with Crippen LogP contribution in [-0.2, 0) is 49.8 Å². The maximum atomic E-state index is 13.6. The number of carbonyl (C=O) groups excluding carboxylic acids is 4. The Morgan fingerprint density at radius 3 is 1.26 bits per heavy atom. The first-order valence-electron chi connectivity index (χ1n) is 28.7. The van der Waals surface area contributed by atoms with Crippen LogP contribution in [-0.4, -0.2) is 97.7 Å². The minimum Gasteiger partial charge on any atom is -0.447 e. The second kappa shape index (κ2) is 27.0. The minimum absolute atomic E-state index is 0.0534. The van der Waals surface area contributed by atoms with Gasteiger partial charge in [-0.15, -0.1) is 22.7 Å². The number of halogens is 1. The molecule has 6 fully saturated rings. The molecule has 4 bridgehead atoms. The van der Waals surface area contributed by atoms with Gasteiger partial charge in [0.1, 0.15) is 0 Å². The van der Waals surface area contributed by atoms with Gasteiger partial charge in [-0.25, -0.2) is 55.4 Å². The number of nitrogens with one attached hydrogen (secondary N) is 6. The van der Waals surface area contributed by atoms with Crippen molar-refractivity contribution in [2.45, 2.75) is 248 Å². The third-order valence-corrected chi connectivity index (χ3v) is 21.6. The summed E-state index contributed by atoms with van der Waals surface area (Å²) in [5.74, 6) is 0. The highest BCUT2D eigenvalue weighted by molar-refractivity contribution is 9.11. The lowest BCUT2D eigenvalue weighted by Crippen LogP contribution is -2.58. The predicted molar refractivity (Wildman–Crippen MR) is 333 cm³/mol. The van der Waals surface area contributed by atoms with E-state index in [9.17, 15) is 36.0 Å². The van der Waals surface area contributed by atoms with Gasteiger partial charge in [-0.05, 0) is 227 Å². The molecule has 10 rings (SSSR count). The lowest BCUT2D eigenvalue weighted by molar-refractivity contribution is 0.0555. The van der Waals surface area contributed by atoms with Crippen molar-refractivity contribution in [3.63, 3.8) is 0 Å². The van der Waals surface area contributed by atoms with E-state index in [2.05, 4.69) is 51.6 Å². The molecule has 0 unspecified atom stereocenters. The van der Waals surface area contributed by atoms with Gasteiger partial charge in [-0.3, -0.25) is 10.6 Å². The summed E-state index contributed by atoms with van der Waals surface area (Å²) in [6, 6.07) is 9.52. The lowest BCUT2D eigenvalue weighted by atomic mass is 9.57. The number of aromatic nitrogens is 2. The number of nitrogens with zero attached hydrogens (tertiary/aromatic N) is 2. The highest BCUT2D eigenvalue weighted by Gasteiger charge is 2.53. The molecule has 466 valence electrons. The molecule has 6 N–H and O–H groups in total. The highest BCUT2D eigenvalue weighted by Crippen LogP contribution is 2.56. The first-order chi connectivity index (χ1) is 38.8. The number of alkyl carbamates (subject to hydrolysis) is 2. The fourth-order valence-electron chi connectivity index (χ4n) is 11.1. The fourth-order valence-corrected chi connectivity index (χ4v) is 17.2. The van der Waals surface area contributed by atoms with E-state index >= 15 is 0 Å². The van der Waals surface area contributed by atoms with Crippen LogP contribution in [0.5, 0.6) is 0 Å². The van der Waals surface area contributed by atoms with Gasteiger partial charge in [0, 0.05) is 56.1 Å². The van der Waals surface area contributed by atoms with Crippen LogP contribution in [0.2, 0.25) is 0 Å². The van der Waals surface area contributed by atoms with Crippen molar-refractivity contribution >= 4 is 94.4 Å². The monoisotopic (exact) mass is 1310 g/mol. The summed E-state index contributed by atoms with van der Waals surface area (Å²) < 4.78 is 79.1.